The Morgan fingerprint density at radius 1 is 0.844 bits per heavy atom. The third-order valence-electron chi connectivity index (χ3n) is 5.81. The molecule has 1 amide bonds. The summed E-state index contributed by atoms with van der Waals surface area (Å²) in [4.78, 5) is 13.1. The van der Waals surface area contributed by atoms with E-state index in [2.05, 4.69) is 5.32 Å². The highest BCUT2D eigenvalue weighted by molar-refractivity contribution is 7.92. The first-order chi connectivity index (χ1) is 15.1. The Bertz CT molecular complexity index is 1220. The van der Waals surface area contributed by atoms with Crippen molar-refractivity contribution in [3.05, 3.63) is 94.5 Å². The van der Waals surface area contributed by atoms with E-state index in [4.69, 9.17) is 0 Å². The highest BCUT2D eigenvalue weighted by Crippen LogP contribution is 2.26. The summed E-state index contributed by atoms with van der Waals surface area (Å²) in [6, 6.07) is 19.4. The van der Waals surface area contributed by atoms with Gasteiger partial charge in [-0.25, -0.2) is 8.42 Å². The number of carbonyl (C=O) groups excluding carboxylic acids is 1. The lowest BCUT2D eigenvalue weighted by molar-refractivity contribution is -0.120. The molecule has 0 bridgehead atoms. The average molecular weight is 451 g/mol. The van der Waals surface area contributed by atoms with Crippen LogP contribution in [0.25, 0.3) is 0 Å². The van der Waals surface area contributed by atoms with E-state index in [9.17, 15) is 13.2 Å². The van der Waals surface area contributed by atoms with Gasteiger partial charge < -0.3 is 5.32 Å². The molecule has 0 fully saturated rings. The third-order valence-corrected chi connectivity index (χ3v) is 7.59. The van der Waals surface area contributed by atoms with Gasteiger partial charge in [0.15, 0.2) is 0 Å². The van der Waals surface area contributed by atoms with Crippen LogP contribution in [0.15, 0.2) is 71.6 Å². The summed E-state index contributed by atoms with van der Waals surface area (Å²) in [7, 11) is -3.92. The normalized spacial score (nSPS) is 12.3. The lowest BCUT2D eigenvalue weighted by Gasteiger charge is -2.26. The number of hydrogen-bond acceptors (Lipinski definition) is 3. The zero-order valence-electron chi connectivity index (χ0n) is 19.2. The smallest absolute Gasteiger partial charge is 0.264 e. The SMILES string of the molecule is Cc1ccc(C(C)NC(=O)CN(c2ccc(C)c(C)c2)S(=O)(=O)c2ccccc2)cc1C. The fraction of sp³-hybridized carbons (Fsp3) is 0.269. The van der Waals surface area contributed by atoms with Gasteiger partial charge in [-0.2, -0.15) is 0 Å². The third kappa shape index (κ3) is 5.19. The van der Waals surface area contributed by atoms with Gasteiger partial charge in [0.2, 0.25) is 5.91 Å². The van der Waals surface area contributed by atoms with Gasteiger partial charge in [0.1, 0.15) is 6.54 Å². The molecule has 5 nitrogen and oxygen atoms in total. The van der Waals surface area contributed by atoms with Gasteiger partial charge in [-0.3, -0.25) is 9.10 Å². The van der Waals surface area contributed by atoms with Crippen LogP contribution in [-0.2, 0) is 14.8 Å². The Morgan fingerprint density at radius 3 is 2.03 bits per heavy atom. The lowest BCUT2D eigenvalue weighted by Crippen LogP contribution is -2.41. The summed E-state index contributed by atoms with van der Waals surface area (Å²) >= 11 is 0. The second-order valence-electron chi connectivity index (χ2n) is 8.23. The molecule has 6 heteroatoms. The van der Waals surface area contributed by atoms with Crippen LogP contribution < -0.4 is 9.62 Å². The number of carbonyl (C=O) groups is 1. The Kier molecular flexibility index (Phi) is 7.04. The van der Waals surface area contributed by atoms with Gasteiger partial charge in [0.25, 0.3) is 10.0 Å². The van der Waals surface area contributed by atoms with Crippen LogP contribution in [0.4, 0.5) is 5.69 Å². The van der Waals surface area contributed by atoms with E-state index in [1.165, 1.54) is 9.87 Å². The first kappa shape index (κ1) is 23.5. The van der Waals surface area contributed by atoms with Crippen LogP contribution >= 0.6 is 0 Å². The summed E-state index contributed by atoms with van der Waals surface area (Å²) in [5.41, 5.74) is 5.78. The second-order valence-corrected chi connectivity index (χ2v) is 10.1. The van der Waals surface area contributed by atoms with Gasteiger partial charge in [0, 0.05) is 0 Å². The lowest BCUT2D eigenvalue weighted by atomic mass is 10.0. The molecule has 0 heterocycles. The number of nitrogens with one attached hydrogen (secondary N) is 1. The Morgan fingerprint density at radius 2 is 1.44 bits per heavy atom. The zero-order chi connectivity index (χ0) is 23.5. The zero-order valence-corrected chi connectivity index (χ0v) is 20.0. The van der Waals surface area contributed by atoms with E-state index in [-0.39, 0.29) is 23.4 Å². The van der Waals surface area contributed by atoms with E-state index in [1.54, 1.807) is 42.5 Å². The van der Waals surface area contributed by atoms with Gasteiger partial charge in [-0.05, 0) is 86.7 Å². The molecular weight excluding hydrogens is 420 g/mol. The van der Waals surface area contributed by atoms with Crippen LogP contribution in [0.5, 0.6) is 0 Å². The first-order valence-electron chi connectivity index (χ1n) is 10.6. The average Bonchev–Trinajstić information content (AvgIpc) is 2.76. The van der Waals surface area contributed by atoms with Crippen molar-refractivity contribution in [1.29, 1.82) is 0 Å². The minimum atomic E-state index is -3.92. The molecule has 32 heavy (non-hydrogen) atoms. The summed E-state index contributed by atoms with van der Waals surface area (Å²) in [5.74, 6) is -0.367. The van der Waals surface area contributed by atoms with E-state index < -0.39 is 10.0 Å². The van der Waals surface area contributed by atoms with Gasteiger partial charge in [-0.1, -0.05) is 42.5 Å². The first-order valence-corrected chi connectivity index (χ1v) is 12.0. The van der Waals surface area contributed by atoms with Crippen molar-refractivity contribution in [3.8, 4) is 0 Å². The van der Waals surface area contributed by atoms with Gasteiger partial charge >= 0.3 is 0 Å². The maximum atomic E-state index is 13.4. The maximum Gasteiger partial charge on any atom is 0.264 e. The molecule has 0 aliphatic heterocycles. The van der Waals surface area contributed by atoms with Crippen molar-refractivity contribution in [2.45, 2.75) is 45.6 Å². The number of sulfonamides is 1. The number of nitrogens with zero attached hydrogens (tertiary/aromatic N) is 1. The van der Waals surface area contributed by atoms with Crippen LogP contribution in [0.3, 0.4) is 0 Å². The molecule has 0 radical (unpaired) electrons. The molecule has 0 saturated heterocycles. The Balaban J connectivity index is 1.90. The molecule has 3 aromatic carbocycles. The Hall–Kier alpha value is -3.12. The highest BCUT2D eigenvalue weighted by Gasteiger charge is 2.27. The van der Waals surface area contributed by atoms with E-state index in [0.29, 0.717) is 5.69 Å². The van der Waals surface area contributed by atoms with Gasteiger partial charge in [-0.15, -0.1) is 0 Å². The van der Waals surface area contributed by atoms with Gasteiger partial charge in [0.05, 0.1) is 16.6 Å². The minimum absolute atomic E-state index is 0.147. The molecule has 1 unspecified atom stereocenters. The number of amides is 1. The largest absolute Gasteiger partial charge is 0.348 e. The van der Waals surface area contributed by atoms with Crippen molar-refractivity contribution >= 4 is 21.6 Å². The van der Waals surface area contributed by atoms with E-state index in [0.717, 1.165) is 22.3 Å². The van der Waals surface area contributed by atoms with Crippen molar-refractivity contribution in [1.82, 2.24) is 5.32 Å². The molecule has 0 saturated carbocycles. The Labute approximate surface area is 191 Å². The summed E-state index contributed by atoms with van der Waals surface area (Å²) in [6.07, 6.45) is 0. The van der Waals surface area contributed by atoms with E-state index in [1.807, 2.05) is 58.9 Å². The van der Waals surface area contributed by atoms with Crippen LogP contribution in [-0.4, -0.2) is 20.9 Å². The molecule has 168 valence electrons. The molecule has 0 spiro atoms. The summed E-state index contributed by atoms with van der Waals surface area (Å²) in [6.45, 7) is 9.55. The van der Waals surface area contributed by atoms with Crippen LogP contribution in [0, 0.1) is 27.7 Å². The number of aryl methyl sites for hydroxylation is 4. The molecule has 1 N–H and O–H groups in total. The van der Waals surface area contributed by atoms with Crippen LogP contribution in [0.2, 0.25) is 0 Å². The molecule has 1 atom stereocenters. The monoisotopic (exact) mass is 450 g/mol. The molecule has 3 rings (SSSR count). The quantitative estimate of drug-likeness (QED) is 0.551. The topological polar surface area (TPSA) is 66.5 Å². The number of hydrogen-bond donors (Lipinski definition) is 1. The molecule has 0 aliphatic carbocycles. The fourth-order valence-electron chi connectivity index (χ4n) is 3.45. The highest BCUT2D eigenvalue weighted by atomic mass is 32.2. The molecule has 3 aromatic rings. The van der Waals surface area contributed by atoms with Crippen molar-refractivity contribution in [2.24, 2.45) is 0 Å². The number of benzene rings is 3. The number of rotatable bonds is 7. The summed E-state index contributed by atoms with van der Waals surface area (Å²) in [5, 5.41) is 2.95. The second kappa shape index (κ2) is 9.57. The van der Waals surface area contributed by atoms with Crippen molar-refractivity contribution < 1.29 is 13.2 Å². The number of anilines is 1. The predicted octanol–water partition coefficient (Wildman–Crippen LogP) is 4.99. The minimum Gasteiger partial charge on any atom is -0.348 e. The van der Waals surface area contributed by atoms with E-state index >= 15 is 0 Å². The van der Waals surface area contributed by atoms with Crippen molar-refractivity contribution in [2.75, 3.05) is 10.8 Å². The van der Waals surface area contributed by atoms with Crippen LogP contribution in [0.1, 0.15) is 40.8 Å². The molecular formula is C26H30N2O3S. The fourth-order valence-corrected chi connectivity index (χ4v) is 4.88. The standard InChI is InChI=1S/C26H30N2O3S/c1-18-11-13-23(15-20(18)3)22(5)27-26(29)17-28(24-14-12-19(2)21(4)16-24)32(30,31)25-9-7-6-8-10-25/h6-16,22H,17H2,1-5H3,(H,27,29). The maximum absolute atomic E-state index is 13.4. The van der Waals surface area contributed by atoms with Crippen molar-refractivity contribution in [3.63, 3.8) is 0 Å². The molecule has 0 aromatic heterocycles. The summed E-state index contributed by atoms with van der Waals surface area (Å²) < 4.78 is 28.1. The molecule has 0 aliphatic rings. The predicted molar refractivity (Wildman–Crippen MR) is 129 cm³/mol.